The maximum atomic E-state index is 2.37. The van der Waals surface area contributed by atoms with Crippen LogP contribution < -0.4 is 0 Å². The summed E-state index contributed by atoms with van der Waals surface area (Å²) in [6.45, 7) is 2.22. The van der Waals surface area contributed by atoms with Gasteiger partial charge in [0.25, 0.3) is 0 Å². The van der Waals surface area contributed by atoms with Crippen molar-refractivity contribution in [1.82, 2.24) is 0 Å². The van der Waals surface area contributed by atoms with Gasteiger partial charge in [-0.15, -0.1) is 11.3 Å². The van der Waals surface area contributed by atoms with Crippen LogP contribution in [-0.2, 0) is 0 Å². The summed E-state index contributed by atoms with van der Waals surface area (Å²) in [4.78, 5) is 3.16. The molecule has 0 radical (unpaired) electrons. The van der Waals surface area contributed by atoms with E-state index in [2.05, 4.69) is 19.1 Å². The molecule has 0 spiro atoms. The zero-order chi connectivity index (χ0) is 8.84. The van der Waals surface area contributed by atoms with E-state index >= 15 is 0 Å². The van der Waals surface area contributed by atoms with Crippen LogP contribution in [0.5, 0.6) is 0 Å². The Bertz CT molecular complexity index is 313. The van der Waals surface area contributed by atoms with E-state index < -0.39 is 0 Å². The molecule has 2 aliphatic rings. The third-order valence-electron chi connectivity index (χ3n) is 3.86. The maximum absolute atomic E-state index is 2.37. The van der Waals surface area contributed by atoms with Gasteiger partial charge in [-0.05, 0) is 56.1 Å². The molecule has 3 rings (SSSR count). The van der Waals surface area contributed by atoms with Crippen LogP contribution in [0.15, 0.2) is 12.1 Å². The van der Waals surface area contributed by atoms with E-state index in [1.54, 1.807) is 4.88 Å². The minimum absolute atomic E-state index is 0.942. The first-order valence-corrected chi connectivity index (χ1v) is 6.21. The Morgan fingerprint density at radius 1 is 1.23 bits per heavy atom. The van der Waals surface area contributed by atoms with E-state index in [-0.39, 0.29) is 0 Å². The number of rotatable bonds is 1. The van der Waals surface area contributed by atoms with Gasteiger partial charge in [0.1, 0.15) is 0 Å². The van der Waals surface area contributed by atoms with Crippen LogP contribution in [-0.4, -0.2) is 0 Å². The number of hydrogen-bond acceptors (Lipinski definition) is 1. The lowest BCUT2D eigenvalue weighted by molar-refractivity contribution is 0.424. The van der Waals surface area contributed by atoms with Gasteiger partial charge in [0.15, 0.2) is 0 Å². The first-order valence-electron chi connectivity index (χ1n) is 5.39. The van der Waals surface area contributed by atoms with E-state index in [0.29, 0.717) is 0 Å². The van der Waals surface area contributed by atoms with E-state index in [4.69, 9.17) is 0 Å². The van der Waals surface area contributed by atoms with Gasteiger partial charge in [0.2, 0.25) is 0 Å². The summed E-state index contributed by atoms with van der Waals surface area (Å²) in [5, 5.41) is 0. The Hall–Kier alpha value is -0.300. The van der Waals surface area contributed by atoms with Gasteiger partial charge in [0, 0.05) is 9.75 Å². The monoisotopic (exact) mass is 192 g/mol. The van der Waals surface area contributed by atoms with Crippen LogP contribution in [0, 0.1) is 18.8 Å². The van der Waals surface area contributed by atoms with Crippen LogP contribution in [0.4, 0.5) is 0 Å². The van der Waals surface area contributed by atoms with Gasteiger partial charge in [-0.3, -0.25) is 0 Å². The van der Waals surface area contributed by atoms with Crippen molar-refractivity contribution in [3.8, 4) is 0 Å². The molecule has 0 aliphatic heterocycles. The zero-order valence-corrected chi connectivity index (χ0v) is 8.94. The summed E-state index contributed by atoms with van der Waals surface area (Å²) in [5.41, 5.74) is 0. The number of fused-ring (bicyclic) bond motifs is 2. The molecule has 2 fully saturated rings. The molecular weight excluding hydrogens is 176 g/mol. The molecule has 0 nitrogen and oxygen atoms in total. The predicted molar refractivity (Wildman–Crippen MR) is 57.2 cm³/mol. The fraction of sp³-hybridized carbons (Fsp3) is 0.667. The van der Waals surface area contributed by atoms with Gasteiger partial charge in [-0.1, -0.05) is 6.42 Å². The molecule has 70 valence electrons. The van der Waals surface area contributed by atoms with Gasteiger partial charge >= 0.3 is 0 Å². The van der Waals surface area contributed by atoms with E-state index in [0.717, 1.165) is 17.8 Å². The molecule has 3 atom stereocenters. The lowest BCUT2D eigenvalue weighted by atomic mass is 9.88. The molecule has 1 heterocycles. The third-order valence-corrected chi connectivity index (χ3v) is 5.00. The summed E-state index contributed by atoms with van der Waals surface area (Å²) in [7, 11) is 0. The first kappa shape index (κ1) is 8.05. The van der Waals surface area contributed by atoms with Crippen LogP contribution >= 0.6 is 11.3 Å². The standard InChI is InChI=1S/C12H16S/c1-8-2-5-12(13-8)11-7-9-3-4-10(11)6-9/h2,5,9-11H,3-4,6-7H2,1H3. The van der Waals surface area contributed by atoms with Crippen molar-refractivity contribution >= 4 is 11.3 Å². The molecule has 2 aliphatic carbocycles. The molecule has 0 saturated heterocycles. The SMILES string of the molecule is Cc1ccc(C2CC3CCC2C3)s1. The molecule has 1 aromatic rings. The number of hydrogen-bond donors (Lipinski definition) is 0. The molecule has 0 amide bonds. The Kier molecular flexibility index (Phi) is 1.76. The van der Waals surface area contributed by atoms with Crippen molar-refractivity contribution in [2.24, 2.45) is 11.8 Å². The normalized spacial score (nSPS) is 37.2. The average molecular weight is 192 g/mol. The van der Waals surface area contributed by atoms with Crippen molar-refractivity contribution in [1.29, 1.82) is 0 Å². The summed E-state index contributed by atoms with van der Waals surface area (Å²) < 4.78 is 0. The Morgan fingerprint density at radius 2 is 2.15 bits per heavy atom. The number of aryl methyl sites for hydroxylation is 1. The van der Waals surface area contributed by atoms with Gasteiger partial charge in [-0.2, -0.15) is 0 Å². The highest BCUT2D eigenvalue weighted by atomic mass is 32.1. The fourth-order valence-electron chi connectivity index (χ4n) is 3.25. The van der Waals surface area contributed by atoms with Crippen LogP contribution in [0.25, 0.3) is 0 Å². The molecular formula is C12H16S. The lowest BCUT2D eigenvalue weighted by Gasteiger charge is -2.19. The highest BCUT2D eigenvalue weighted by molar-refractivity contribution is 7.12. The summed E-state index contributed by atoms with van der Waals surface area (Å²) in [6, 6.07) is 4.65. The second-order valence-electron chi connectivity index (χ2n) is 4.73. The third kappa shape index (κ3) is 1.25. The molecule has 0 aromatic carbocycles. The Labute approximate surface area is 84.0 Å². The van der Waals surface area contributed by atoms with Crippen molar-refractivity contribution in [3.63, 3.8) is 0 Å². The topological polar surface area (TPSA) is 0 Å². The Balaban J connectivity index is 1.87. The molecule has 3 unspecified atom stereocenters. The van der Waals surface area contributed by atoms with Crippen LogP contribution in [0.2, 0.25) is 0 Å². The Morgan fingerprint density at radius 3 is 2.69 bits per heavy atom. The van der Waals surface area contributed by atoms with Crippen molar-refractivity contribution in [2.45, 2.75) is 38.5 Å². The zero-order valence-electron chi connectivity index (χ0n) is 8.12. The smallest absolute Gasteiger partial charge is 0.00818 e. The van der Waals surface area contributed by atoms with Crippen LogP contribution in [0.1, 0.15) is 41.4 Å². The molecule has 2 bridgehead atoms. The van der Waals surface area contributed by atoms with Gasteiger partial charge < -0.3 is 0 Å². The van der Waals surface area contributed by atoms with Crippen molar-refractivity contribution in [3.05, 3.63) is 21.9 Å². The second-order valence-corrected chi connectivity index (χ2v) is 6.05. The van der Waals surface area contributed by atoms with Crippen LogP contribution in [0.3, 0.4) is 0 Å². The van der Waals surface area contributed by atoms with Crippen molar-refractivity contribution < 1.29 is 0 Å². The fourth-order valence-corrected chi connectivity index (χ4v) is 4.33. The molecule has 1 aromatic heterocycles. The van der Waals surface area contributed by atoms with Crippen molar-refractivity contribution in [2.75, 3.05) is 0 Å². The largest absolute Gasteiger partial charge is 0.145 e. The molecule has 13 heavy (non-hydrogen) atoms. The molecule has 2 saturated carbocycles. The minimum Gasteiger partial charge on any atom is -0.145 e. The minimum atomic E-state index is 0.942. The summed E-state index contributed by atoms with van der Waals surface area (Å²) >= 11 is 2.02. The summed E-state index contributed by atoms with van der Waals surface area (Å²) in [6.07, 6.45) is 6.05. The summed E-state index contributed by atoms with van der Waals surface area (Å²) in [5.74, 6) is 3.07. The first-order chi connectivity index (χ1) is 6.33. The molecule has 1 heteroatoms. The maximum Gasteiger partial charge on any atom is 0.00818 e. The predicted octanol–water partition coefficient (Wildman–Crippen LogP) is 3.96. The quantitative estimate of drug-likeness (QED) is 0.632. The van der Waals surface area contributed by atoms with E-state index in [9.17, 15) is 0 Å². The molecule has 0 N–H and O–H groups in total. The van der Waals surface area contributed by atoms with E-state index in [1.165, 1.54) is 30.6 Å². The lowest BCUT2D eigenvalue weighted by Crippen LogP contribution is -2.06. The average Bonchev–Trinajstić information content (AvgIpc) is 2.77. The van der Waals surface area contributed by atoms with Gasteiger partial charge in [-0.25, -0.2) is 0 Å². The second kappa shape index (κ2) is 2.84. The van der Waals surface area contributed by atoms with E-state index in [1.807, 2.05) is 11.3 Å². The number of thiophene rings is 1. The van der Waals surface area contributed by atoms with Gasteiger partial charge in [0.05, 0.1) is 0 Å². The highest BCUT2D eigenvalue weighted by Crippen LogP contribution is 2.53. The highest BCUT2D eigenvalue weighted by Gasteiger charge is 2.40.